The molecule has 0 spiro atoms. The van der Waals surface area contributed by atoms with Gasteiger partial charge < -0.3 is 56.9 Å². The van der Waals surface area contributed by atoms with E-state index >= 15 is 0 Å². The predicted octanol–water partition coefficient (Wildman–Crippen LogP) is 7.99. The van der Waals surface area contributed by atoms with E-state index < -0.39 is 106 Å². The maximum Gasteiger partial charge on any atom is 0.331 e. The molecule has 0 unspecified atom stereocenters. The normalized spacial score (nSPS) is 45.1. The van der Waals surface area contributed by atoms with Crippen LogP contribution < -0.4 is 0 Å². The second kappa shape index (κ2) is 21.4. The lowest BCUT2D eigenvalue weighted by Crippen LogP contribution is -2.62. The predicted molar refractivity (Wildman–Crippen MR) is 256 cm³/mol. The molecule has 396 valence electrons. The third-order valence-corrected chi connectivity index (χ3v) is 23.7. The van der Waals surface area contributed by atoms with Crippen LogP contribution in [0.2, 0.25) is 18.1 Å². The molecule has 8 rings (SSSR count). The van der Waals surface area contributed by atoms with E-state index in [2.05, 4.69) is 34.6 Å². The Balaban J connectivity index is 0.911. The number of carbonyl (C=O) groups excluding carboxylic acids is 4. The van der Waals surface area contributed by atoms with Crippen molar-refractivity contribution >= 4 is 32.2 Å². The van der Waals surface area contributed by atoms with Gasteiger partial charge in [0, 0.05) is 51.5 Å². The lowest BCUT2D eigenvalue weighted by molar-refractivity contribution is -0.335. The summed E-state index contributed by atoms with van der Waals surface area (Å²) in [5.74, 6) is -0.405. The third-order valence-electron chi connectivity index (χ3n) is 19.0. The second-order valence-corrected chi connectivity index (χ2v) is 27.5. The van der Waals surface area contributed by atoms with Crippen LogP contribution in [0.5, 0.6) is 0 Å². The first kappa shape index (κ1) is 53.8. The van der Waals surface area contributed by atoms with Gasteiger partial charge in [-0.15, -0.1) is 0 Å². The first-order valence-corrected chi connectivity index (χ1v) is 29.4. The van der Waals surface area contributed by atoms with E-state index in [9.17, 15) is 24.3 Å². The smallest absolute Gasteiger partial charge is 0.331 e. The van der Waals surface area contributed by atoms with Gasteiger partial charge in [0.05, 0.1) is 36.1 Å². The molecule has 16 nitrogen and oxygen atoms in total. The maximum absolute atomic E-state index is 12.7. The maximum atomic E-state index is 12.7. The molecule has 20 atom stereocenters. The van der Waals surface area contributed by atoms with Crippen LogP contribution in [0.3, 0.4) is 0 Å². The summed E-state index contributed by atoms with van der Waals surface area (Å²) in [6.45, 7) is 21.3. The zero-order valence-corrected chi connectivity index (χ0v) is 44.8. The molecule has 0 amide bonds. The van der Waals surface area contributed by atoms with Crippen LogP contribution in [0, 0.1) is 34.5 Å². The third kappa shape index (κ3) is 10.6. The van der Waals surface area contributed by atoms with Gasteiger partial charge in [-0.2, -0.15) is 0 Å². The zero-order valence-electron chi connectivity index (χ0n) is 43.8. The Morgan fingerprint density at radius 2 is 1.20 bits per heavy atom. The van der Waals surface area contributed by atoms with Crippen molar-refractivity contribution in [3.05, 3.63) is 11.6 Å². The number of carbonyl (C=O) groups is 4. The van der Waals surface area contributed by atoms with Gasteiger partial charge in [-0.1, -0.05) is 34.6 Å². The summed E-state index contributed by atoms with van der Waals surface area (Å²) in [7, 11) is -2.22. The molecule has 1 N–H and O–H groups in total. The Bertz CT molecular complexity index is 1920. The van der Waals surface area contributed by atoms with E-state index in [4.69, 9.17) is 51.8 Å². The van der Waals surface area contributed by atoms with E-state index in [-0.39, 0.29) is 41.2 Å². The molecule has 4 aliphatic heterocycles. The van der Waals surface area contributed by atoms with Gasteiger partial charge in [-0.25, -0.2) is 4.79 Å². The SMILES string of the molecule is CC[Si](CC)(CC)O[C@H]1C[C@H](O[C@@H]2[C@H](C)O[C@@H](O[C@H]3CC[C@@]4(C)[C@H](CC[C@@H]5[C@@H]4CC[C@]4(C)[C@@H](C6=CC(=O)OC6)CC[C@]54O)C3)C[C@@H]2OC(C)=O)O[C@@H](C)[C@H]1O[C@H]1C[C@H](OC(C)=O)[C@H](OC(C)=O)[C@H](C)O1. The van der Waals surface area contributed by atoms with Crippen LogP contribution in [0.15, 0.2) is 11.6 Å². The molecule has 7 fully saturated rings. The van der Waals surface area contributed by atoms with Gasteiger partial charge in [0.25, 0.3) is 0 Å². The number of esters is 4. The largest absolute Gasteiger partial charge is 0.459 e. The Hall–Kier alpha value is -2.48. The first-order chi connectivity index (χ1) is 33.1. The number of cyclic esters (lactones) is 1. The quantitative estimate of drug-likeness (QED) is 0.0718. The highest BCUT2D eigenvalue weighted by molar-refractivity contribution is 6.73. The summed E-state index contributed by atoms with van der Waals surface area (Å²) in [5.41, 5.74) is 0.112. The Kier molecular flexibility index (Phi) is 16.4. The second-order valence-electron chi connectivity index (χ2n) is 22.8. The molecule has 0 aromatic heterocycles. The molecule has 3 saturated heterocycles. The monoisotopic (exact) mass is 1000 g/mol. The average Bonchev–Trinajstić information content (AvgIpc) is 3.84. The summed E-state index contributed by atoms with van der Waals surface area (Å²) in [6.07, 6.45) is 3.24. The van der Waals surface area contributed by atoms with Crippen LogP contribution in [-0.4, -0.2) is 129 Å². The minimum Gasteiger partial charge on any atom is -0.459 e. The van der Waals surface area contributed by atoms with Gasteiger partial charge in [0.2, 0.25) is 0 Å². The lowest BCUT2D eigenvalue weighted by atomic mass is 9.43. The summed E-state index contributed by atoms with van der Waals surface area (Å²) in [6, 6.07) is 2.73. The van der Waals surface area contributed by atoms with E-state index in [0.717, 1.165) is 81.5 Å². The summed E-state index contributed by atoms with van der Waals surface area (Å²) >= 11 is 0. The topological polar surface area (TPSA) is 190 Å². The van der Waals surface area contributed by atoms with Crippen molar-refractivity contribution in [1.82, 2.24) is 0 Å². The molecule has 0 radical (unpaired) electrons. The van der Waals surface area contributed by atoms with Crippen molar-refractivity contribution in [3.8, 4) is 0 Å². The number of hydrogen-bond acceptors (Lipinski definition) is 16. The zero-order chi connectivity index (χ0) is 50.5. The van der Waals surface area contributed by atoms with Crippen LogP contribution in [-0.2, 0) is 71.0 Å². The van der Waals surface area contributed by atoms with E-state index in [0.29, 0.717) is 31.3 Å². The molecular formula is C53H84O16Si. The summed E-state index contributed by atoms with van der Waals surface area (Å²) in [4.78, 5) is 48.9. The number of aliphatic hydroxyl groups is 1. The Morgan fingerprint density at radius 1 is 0.657 bits per heavy atom. The van der Waals surface area contributed by atoms with Crippen molar-refractivity contribution in [2.45, 2.75) is 257 Å². The fraction of sp³-hybridized carbons (Fsp3) is 0.887. The van der Waals surface area contributed by atoms with Crippen LogP contribution in [0.25, 0.3) is 0 Å². The summed E-state index contributed by atoms with van der Waals surface area (Å²) < 4.78 is 69.6. The first-order valence-electron chi connectivity index (χ1n) is 26.9. The molecule has 0 aromatic rings. The van der Waals surface area contributed by atoms with Gasteiger partial charge in [0.1, 0.15) is 31.0 Å². The van der Waals surface area contributed by atoms with Crippen molar-refractivity contribution in [2.75, 3.05) is 6.61 Å². The van der Waals surface area contributed by atoms with Crippen LogP contribution in [0.1, 0.15) is 153 Å². The molecule has 8 aliphatic rings. The van der Waals surface area contributed by atoms with Crippen molar-refractivity contribution < 1.29 is 76.1 Å². The fourth-order valence-electron chi connectivity index (χ4n) is 15.2. The van der Waals surface area contributed by atoms with E-state index in [1.54, 1.807) is 13.0 Å². The Morgan fingerprint density at radius 3 is 1.76 bits per heavy atom. The van der Waals surface area contributed by atoms with Gasteiger partial charge in [0.15, 0.2) is 33.3 Å². The number of ether oxygens (including phenoxy) is 10. The fourth-order valence-corrected chi connectivity index (χ4v) is 18.0. The molecular weight excluding hydrogens is 921 g/mol. The van der Waals surface area contributed by atoms with E-state index in [1.807, 2.05) is 13.8 Å². The Labute approximate surface area is 416 Å². The highest BCUT2D eigenvalue weighted by Gasteiger charge is 2.68. The average molecular weight is 1010 g/mol. The van der Waals surface area contributed by atoms with Crippen molar-refractivity contribution in [3.63, 3.8) is 0 Å². The van der Waals surface area contributed by atoms with Gasteiger partial charge in [-0.05, 0) is 131 Å². The minimum absolute atomic E-state index is 0.0209. The van der Waals surface area contributed by atoms with Crippen LogP contribution in [0.4, 0.5) is 0 Å². The van der Waals surface area contributed by atoms with Gasteiger partial charge >= 0.3 is 23.9 Å². The van der Waals surface area contributed by atoms with E-state index in [1.165, 1.54) is 20.8 Å². The highest BCUT2D eigenvalue weighted by Crippen LogP contribution is 2.70. The lowest BCUT2D eigenvalue weighted by Gasteiger charge is -2.64. The van der Waals surface area contributed by atoms with Gasteiger partial charge in [-0.3, -0.25) is 14.4 Å². The number of fused-ring (bicyclic) bond motifs is 5. The van der Waals surface area contributed by atoms with Crippen LogP contribution >= 0.6 is 0 Å². The summed E-state index contributed by atoms with van der Waals surface area (Å²) in [5, 5.41) is 12.7. The molecule has 0 bridgehead atoms. The molecule has 70 heavy (non-hydrogen) atoms. The standard InChI is InChI=1S/C53H84O16Si/c1-12-70(13-2,14-3)69-43-27-47(62-31(6)50(43)68-46-26-41(63-32(7)54)48(29(4)61-46)65-34(9)56)67-49-30(5)60-45(25-42(49)64-33(8)55)66-37-17-20-51(10)36(24-37)15-16-40-39(51)18-21-52(11)38(19-22-53(40,52)58)35-23-44(57)59-28-35/h23,29-31,36-43,45-50,58H,12-22,24-28H2,1-11H3/t29-,30-,31-,36+,37-,38+,39-,40+,41-,42-,43-,45-,46-,47-,48+,49+,50+,51-,52+,53-/m0/s1. The van der Waals surface area contributed by atoms with Crippen molar-refractivity contribution in [1.29, 1.82) is 0 Å². The minimum atomic E-state index is -2.22. The number of rotatable bonds is 15. The highest BCUT2D eigenvalue weighted by atomic mass is 28.4. The molecule has 0 aromatic carbocycles. The number of hydrogen-bond donors (Lipinski definition) is 1. The molecule has 4 heterocycles. The molecule has 4 aliphatic carbocycles. The van der Waals surface area contributed by atoms with Crippen molar-refractivity contribution in [2.24, 2.45) is 34.5 Å². The molecule has 4 saturated carbocycles. The molecule has 17 heteroatoms.